The fraction of sp³-hybridized carbons (Fsp3) is 0.438. The van der Waals surface area contributed by atoms with Crippen LogP contribution in [0.4, 0.5) is 0 Å². The van der Waals surface area contributed by atoms with Gasteiger partial charge in [0, 0.05) is 6.61 Å². The first kappa shape index (κ1) is 17.0. The number of nitrogens with one attached hydrogen (secondary N) is 1. The van der Waals surface area contributed by atoms with Crippen LogP contribution in [0, 0.1) is 5.92 Å². The second-order valence-electron chi connectivity index (χ2n) is 5.37. The van der Waals surface area contributed by atoms with E-state index >= 15 is 0 Å². The highest BCUT2D eigenvalue weighted by Crippen LogP contribution is 2.13. The van der Waals surface area contributed by atoms with Gasteiger partial charge in [0.2, 0.25) is 11.8 Å². The summed E-state index contributed by atoms with van der Waals surface area (Å²) in [7, 11) is 0. The zero-order valence-electron chi connectivity index (χ0n) is 12.7. The zero-order valence-corrected chi connectivity index (χ0v) is 12.7. The lowest BCUT2D eigenvalue weighted by Gasteiger charge is -2.17. The summed E-state index contributed by atoms with van der Waals surface area (Å²) >= 11 is 0. The number of ether oxygens (including phenoxy) is 2. The molecule has 1 fully saturated rings. The average Bonchev–Trinajstić information content (AvgIpc) is 3.07. The smallest absolute Gasteiger partial charge is 0.308 e. The van der Waals surface area contributed by atoms with E-state index in [0.29, 0.717) is 19.6 Å². The number of primary amides is 1. The van der Waals surface area contributed by atoms with Gasteiger partial charge in [0.1, 0.15) is 12.6 Å². The topological polar surface area (TPSA) is 108 Å². The van der Waals surface area contributed by atoms with Crippen LogP contribution in [0.25, 0.3) is 0 Å². The third-order valence-corrected chi connectivity index (χ3v) is 3.57. The van der Waals surface area contributed by atoms with Crippen LogP contribution < -0.4 is 11.1 Å². The summed E-state index contributed by atoms with van der Waals surface area (Å²) in [6.07, 6.45) is 0.303. The van der Waals surface area contributed by atoms with Gasteiger partial charge in [-0.1, -0.05) is 30.3 Å². The maximum atomic E-state index is 12.0. The molecule has 1 aromatic rings. The number of hydrogen-bond donors (Lipinski definition) is 2. The molecule has 2 rings (SSSR count). The Bertz CT molecular complexity index is 555. The molecule has 124 valence electrons. The van der Waals surface area contributed by atoms with Crippen LogP contribution in [0.3, 0.4) is 0 Å². The van der Waals surface area contributed by atoms with Gasteiger partial charge in [0.05, 0.1) is 18.9 Å². The summed E-state index contributed by atoms with van der Waals surface area (Å²) in [6.45, 7) is 0.934. The van der Waals surface area contributed by atoms with E-state index in [1.807, 2.05) is 30.3 Å². The van der Waals surface area contributed by atoms with E-state index in [4.69, 9.17) is 15.2 Å². The van der Waals surface area contributed by atoms with E-state index in [9.17, 15) is 14.4 Å². The molecule has 23 heavy (non-hydrogen) atoms. The summed E-state index contributed by atoms with van der Waals surface area (Å²) in [4.78, 5) is 35.2. The highest BCUT2D eigenvalue weighted by atomic mass is 16.5. The van der Waals surface area contributed by atoms with Crippen LogP contribution in [0.15, 0.2) is 30.3 Å². The molecule has 0 aliphatic carbocycles. The highest BCUT2D eigenvalue weighted by molar-refractivity contribution is 5.90. The van der Waals surface area contributed by atoms with Gasteiger partial charge in [0.25, 0.3) is 0 Å². The van der Waals surface area contributed by atoms with Gasteiger partial charge in [0.15, 0.2) is 0 Å². The lowest BCUT2D eigenvalue weighted by atomic mass is 10.1. The Morgan fingerprint density at radius 3 is 2.65 bits per heavy atom. The second-order valence-corrected chi connectivity index (χ2v) is 5.37. The summed E-state index contributed by atoms with van der Waals surface area (Å²) in [6, 6.07) is 8.09. The third kappa shape index (κ3) is 5.37. The zero-order chi connectivity index (χ0) is 16.7. The lowest BCUT2D eigenvalue weighted by molar-refractivity contribution is -0.147. The Kier molecular flexibility index (Phi) is 6.10. The molecule has 3 N–H and O–H groups in total. The van der Waals surface area contributed by atoms with Crippen LogP contribution in [0.5, 0.6) is 0 Å². The average molecular weight is 320 g/mol. The predicted octanol–water partition coefficient (Wildman–Crippen LogP) is 0.126. The van der Waals surface area contributed by atoms with Crippen molar-refractivity contribution in [2.24, 2.45) is 11.7 Å². The van der Waals surface area contributed by atoms with Crippen LogP contribution in [0.2, 0.25) is 0 Å². The molecule has 1 aliphatic heterocycles. The van der Waals surface area contributed by atoms with Crippen molar-refractivity contribution < 1.29 is 23.9 Å². The summed E-state index contributed by atoms with van der Waals surface area (Å²) < 4.78 is 10.2. The fourth-order valence-corrected chi connectivity index (χ4v) is 2.22. The van der Waals surface area contributed by atoms with Gasteiger partial charge in [-0.2, -0.15) is 0 Å². The van der Waals surface area contributed by atoms with Crippen LogP contribution in [-0.4, -0.2) is 37.0 Å². The van der Waals surface area contributed by atoms with Gasteiger partial charge in [-0.15, -0.1) is 0 Å². The molecular weight excluding hydrogens is 300 g/mol. The number of carbonyl (C=O) groups is 3. The standard InChI is InChI=1S/C16H20N2O5/c17-15(20)13(18-16(21)12-6-7-22-10-12)8-14(19)23-9-11-4-2-1-3-5-11/h1-5,12-13H,6-10H2,(H2,17,20)(H,18,21)/t12-,13+/m1/s1. The Balaban J connectivity index is 1.82. The fourth-order valence-electron chi connectivity index (χ4n) is 2.22. The molecule has 0 spiro atoms. The maximum Gasteiger partial charge on any atom is 0.308 e. The van der Waals surface area contributed by atoms with E-state index in [1.165, 1.54) is 0 Å². The van der Waals surface area contributed by atoms with Crippen molar-refractivity contribution in [3.05, 3.63) is 35.9 Å². The molecule has 2 amide bonds. The highest BCUT2D eigenvalue weighted by Gasteiger charge is 2.28. The molecule has 0 aromatic heterocycles. The second kappa shape index (κ2) is 8.28. The number of amides is 2. The van der Waals surface area contributed by atoms with Crippen molar-refractivity contribution in [1.82, 2.24) is 5.32 Å². The first-order valence-corrected chi connectivity index (χ1v) is 7.43. The molecule has 1 aliphatic rings. The number of nitrogens with two attached hydrogens (primary N) is 1. The number of hydrogen-bond acceptors (Lipinski definition) is 5. The molecule has 1 saturated heterocycles. The van der Waals surface area contributed by atoms with Crippen molar-refractivity contribution in [2.45, 2.75) is 25.5 Å². The minimum absolute atomic E-state index is 0.107. The van der Waals surface area contributed by atoms with Crippen LogP contribution >= 0.6 is 0 Å². The summed E-state index contributed by atoms with van der Waals surface area (Å²) in [5.74, 6) is -2.01. The molecule has 0 saturated carbocycles. The van der Waals surface area contributed by atoms with E-state index in [0.717, 1.165) is 5.56 Å². The van der Waals surface area contributed by atoms with Gasteiger partial charge in [-0.25, -0.2) is 0 Å². The quantitative estimate of drug-likeness (QED) is 0.694. The molecule has 0 bridgehead atoms. The third-order valence-electron chi connectivity index (χ3n) is 3.57. The van der Waals surface area contributed by atoms with Crippen molar-refractivity contribution in [1.29, 1.82) is 0 Å². The molecule has 0 radical (unpaired) electrons. The summed E-state index contributed by atoms with van der Waals surface area (Å²) in [5, 5.41) is 2.49. The minimum atomic E-state index is -1.08. The molecule has 7 heteroatoms. The maximum absolute atomic E-state index is 12.0. The molecule has 2 atom stereocenters. The van der Waals surface area contributed by atoms with Crippen LogP contribution in [-0.2, 0) is 30.5 Å². The van der Waals surface area contributed by atoms with Crippen molar-refractivity contribution >= 4 is 17.8 Å². The van der Waals surface area contributed by atoms with Gasteiger partial charge < -0.3 is 20.5 Å². The number of esters is 1. The first-order valence-electron chi connectivity index (χ1n) is 7.43. The van der Waals surface area contributed by atoms with Gasteiger partial charge in [-0.05, 0) is 12.0 Å². The number of rotatable bonds is 7. The largest absolute Gasteiger partial charge is 0.461 e. The molecule has 0 unspecified atom stereocenters. The van der Waals surface area contributed by atoms with E-state index in [2.05, 4.69) is 5.32 Å². The normalized spacial score (nSPS) is 18.2. The first-order chi connectivity index (χ1) is 11.1. The van der Waals surface area contributed by atoms with E-state index in [-0.39, 0.29) is 24.9 Å². The van der Waals surface area contributed by atoms with E-state index in [1.54, 1.807) is 0 Å². The Morgan fingerprint density at radius 1 is 1.30 bits per heavy atom. The monoisotopic (exact) mass is 320 g/mol. The summed E-state index contributed by atoms with van der Waals surface area (Å²) in [5.41, 5.74) is 6.08. The number of benzene rings is 1. The molecular formula is C16H20N2O5. The van der Waals surface area contributed by atoms with Gasteiger partial charge >= 0.3 is 5.97 Å². The predicted molar refractivity (Wildman–Crippen MR) is 80.9 cm³/mol. The number of carbonyl (C=O) groups excluding carboxylic acids is 3. The Morgan fingerprint density at radius 2 is 2.04 bits per heavy atom. The molecule has 1 aromatic carbocycles. The van der Waals surface area contributed by atoms with E-state index < -0.39 is 17.9 Å². The molecule has 1 heterocycles. The molecule has 7 nitrogen and oxygen atoms in total. The van der Waals surface area contributed by atoms with Gasteiger partial charge in [-0.3, -0.25) is 14.4 Å². The Labute approximate surface area is 134 Å². The van der Waals surface area contributed by atoms with Crippen LogP contribution in [0.1, 0.15) is 18.4 Å². The Hall–Kier alpha value is -2.41. The minimum Gasteiger partial charge on any atom is -0.461 e. The SMILES string of the molecule is NC(=O)[C@H](CC(=O)OCc1ccccc1)NC(=O)[C@@H]1CCOC1. The van der Waals surface area contributed by atoms with Crippen molar-refractivity contribution in [3.63, 3.8) is 0 Å². The lowest BCUT2D eigenvalue weighted by Crippen LogP contribution is -2.48. The van der Waals surface area contributed by atoms with Crippen molar-refractivity contribution in [2.75, 3.05) is 13.2 Å². The van der Waals surface area contributed by atoms with Crippen molar-refractivity contribution in [3.8, 4) is 0 Å².